The third-order valence-electron chi connectivity index (χ3n) is 11.9. The van der Waals surface area contributed by atoms with Crippen LogP contribution in [0.4, 0.5) is 0 Å². The van der Waals surface area contributed by atoms with E-state index in [0.29, 0.717) is 25.7 Å². The Morgan fingerprint density at radius 1 is 0.327 bits per heavy atom. The zero-order chi connectivity index (χ0) is 37.7. The third-order valence-corrected chi connectivity index (χ3v) is 11.9. The molecule has 0 N–H and O–H groups in total. The topological polar surface area (TPSA) is 142 Å². The van der Waals surface area contributed by atoms with E-state index in [-0.39, 0.29) is 97.1 Å². The maximum absolute atomic E-state index is 13.1. The van der Waals surface area contributed by atoms with Crippen molar-refractivity contribution in [3.63, 3.8) is 0 Å². The van der Waals surface area contributed by atoms with Crippen LogP contribution in [0.25, 0.3) is 0 Å². The van der Waals surface area contributed by atoms with Gasteiger partial charge in [-0.2, -0.15) is 0 Å². The van der Waals surface area contributed by atoms with Gasteiger partial charge in [-0.25, -0.2) is 0 Å². The zero-order valence-electron chi connectivity index (χ0n) is 32.6. The molecule has 0 aliphatic carbocycles. The van der Waals surface area contributed by atoms with E-state index in [1.54, 1.807) is 0 Å². The number of esters is 4. The molecular formula is C40H64O12. The van der Waals surface area contributed by atoms with Crippen LogP contribution in [0.1, 0.15) is 132 Å². The van der Waals surface area contributed by atoms with Gasteiger partial charge >= 0.3 is 23.9 Å². The molecule has 5 heterocycles. The number of rotatable bonds is 0. The Labute approximate surface area is 309 Å². The molecule has 0 radical (unpaired) electrons. The van der Waals surface area contributed by atoms with Gasteiger partial charge in [0.15, 0.2) is 0 Å². The summed E-state index contributed by atoms with van der Waals surface area (Å²) in [5.74, 6) is -2.93. The Morgan fingerprint density at radius 2 is 0.519 bits per heavy atom. The average Bonchev–Trinajstić information content (AvgIpc) is 3.91. The summed E-state index contributed by atoms with van der Waals surface area (Å²) in [6.45, 7) is 14.9. The molecule has 52 heavy (non-hydrogen) atoms. The van der Waals surface area contributed by atoms with Gasteiger partial charge in [-0.1, -0.05) is 0 Å². The summed E-state index contributed by atoms with van der Waals surface area (Å²) < 4.78 is 48.4. The number of cyclic esters (lactones) is 4. The lowest BCUT2D eigenvalue weighted by Crippen LogP contribution is -2.34. The van der Waals surface area contributed by atoms with Crippen LogP contribution in [0.15, 0.2) is 0 Å². The molecule has 5 unspecified atom stereocenters. The second kappa shape index (κ2) is 18.4. The lowest BCUT2D eigenvalue weighted by Gasteiger charge is -2.26. The highest BCUT2D eigenvalue weighted by Crippen LogP contribution is 2.34. The standard InChI is InChI=1S/C40H64O12/c1-21-17-29-9-13-34(49-29)26(6)38(42)46-23(3)19-31-11-15-36(51-31)28(8)40(44)48-24(4)20-32-12-16-35(52-32)27(7)39(43)47-22(2)18-30-10-14-33(50-30)25(5)37(41)45-21/h21-36H,9-20H2,1-8H3/t21-,22+,23+,24?,25?,26?,27+,28-,29-,30+,31?,32-,33-,34+,35+,36?/m0/s1. The SMILES string of the molecule is CC1C[C@@H]2CC[C@@H](O2)[C@@H](C)C(=O)O[C@H](C)C[C@H]2CC[C@H](O2)C(C)C(=O)O[C@@H](C)C[C@@H]2CC[C@@H](O2)C(C)C(=O)O[C@H](C)CC2CCC(O2)[C@H](C)C(=O)O1. The van der Waals surface area contributed by atoms with Gasteiger partial charge in [-0.15, -0.1) is 0 Å². The van der Waals surface area contributed by atoms with Crippen LogP contribution in [-0.2, 0) is 57.1 Å². The van der Waals surface area contributed by atoms with Crippen molar-refractivity contribution in [3.8, 4) is 0 Å². The predicted molar refractivity (Wildman–Crippen MR) is 189 cm³/mol. The Bertz CT molecular complexity index is 1040. The lowest BCUT2D eigenvalue weighted by atomic mass is 10.00. The number of carbonyl (C=O) groups is 4. The van der Waals surface area contributed by atoms with Crippen molar-refractivity contribution in [3.05, 3.63) is 0 Å². The van der Waals surface area contributed by atoms with E-state index in [9.17, 15) is 19.2 Å². The summed E-state index contributed by atoms with van der Waals surface area (Å²) in [6.07, 6.45) is 5.22. The fourth-order valence-electron chi connectivity index (χ4n) is 8.60. The zero-order valence-corrected chi connectivity index (χ0v) is 32.6. The highest BCUT2D eigenvalue weighted by molar-refractivity contribution is 5.74. The van der Waals surface area contributed by atoms with Crippen molar-refractivity contribution >= 4 is 23.9 Å². The van der Waals surface area contributed by atoms with E-state index in [2.05, 4.69) is 0 Å². The van der Waals surface area contributed by atoms with Gasteiger partial charge in [0.2, 0.25) is 0 Å². The van der Waals surface area contributed by atoms with Gasteiger partial charge in [-0.3, -0.25) is 19.2 Å². The summed E-state index contributed by atoms with van der Waals surface area (Å²) in [5.41, 5.74) is 0. The molecule has 296 valence electrons. The molecule has 0 aromatic heterocycles. The summed E-state index contributed by atoms with van der Waals surface area (Å²) in [5, 5.41) is 0. The maximum atomic E-state index is 13.1. The first-order valence-corrected chi connectivity index (χ1v) is 20.1. The van der Waals surface area contributed by atoms with E-state index < -0.39 is 23.7 Å². The van der Waals surface area contributed by atoms with Crippen molar-refractivity contribution in [1.82, 2.24) is 0 Å². The number of hydrogen-bond donors (Lipinski definition) is 0. The van der Waals surface area contributed by atoms with Crippen molar-refractivity contribution in [2.24, 2.45) is 23.7 Å². The molecule has 0 amide bonds. The average molecular weight is 737 g/mol. The molecule has 5 rings (SSSR count). The van der Waals surface area contributed by atoms with Crippen LogP contribution in [0, 0.1) is 23.7 Å². The van der Waals surface area contributed by atoms with Crippen LogP contribution < -0.4 is 0 Å². The van der Waals surface area contributed by atoms with Crippen molar-refractivity contribution in [2.75, 3.05) is 0 Å². The molecular weight excluding hydrogens is 672 g/mol. The molecule has 5 aliphatic rings. The van der Waals surface area contributed by atoms with Crippen LogP contribution in [0.5, 0.6) is 0 Å². The molecule has 16 atom stereocenters. The third kappa shape index (κ3) is 10.9. The smallest absolute Gasteiger partial charge is 0.311 e. The second-order valence-electron chi connectivity index (χ2n) is 16.6. The predicted octanol–water partition coefficient (Wildman–Crippen LogP) is 6.02. The number of hydrogen-bond acceptors (Lipinski definition) is 12. The minimum absolute atomic E-state index is 0.119. The summed E-state index contributed by atoms with van der Waals surface area (Å²) in [6, 6.07) is 0. The van der Waals surface area contributed by atoms with E-state index in [1.807, 2.05) is 55.4 Å². The van der Waals surface area contributed by atoms with Crippen molar-refractivity contribution in [1.29, 1.82) is 0 Å². The van der Waals surface area contributed by atoms with Gasteiger partial charge in [-0.05, 0) is 107 Å². The Balaban J connectivity index is 1.19. The minimum Gasteiger partial charge on any atom is -0.462 e. The van der Waals surface area contributed by atoms with Gasteiger partial charge in [0, 0.05) is 25.7 Å². The quantitative estimate of drug-likeness (QED) is 0.212. The van der Waals surface area contributed by atoms with E-state index in [0.717, 1.165) is 51.4 Å². The van der Waals surface area contributed by atoms with E-state index >= 15 is 0 Å². The molecule has 0 spiro atoms. The first kappa shape index (κ1) is 40.9. The molecule has 0 aromatic rings. The fraction of sp³-hybridized carbons (Fsp3) is 0.900. The van der Waals surface area contributed by atoms with E-state index in [1.165, 1.54) is 0 Å². The summed E-state index contributed by atoms with van der Waals surface area (Å²) in [7, 11) is 0. The Hall–Kier alpha value is -2.28. The van der Waals surface area contributed by atoms with Gasteiger partial charge < -0.3 is 37.9 Å². The largest absolute Gasteiger partial charge is 0.462 e. The normalized spacial score (nSPS) is 45.2. The highest BCUT2D eigenvalue weighted by atomic mass is 16.6. The minimum atomic E-state index is -0.434. The Morgan fingerprint density at radius 3 is 0.712 bits per heavy atom. The molecule has 12 nitrogen and oxygen atoms in total. The fourth-order valence-corrected chi connectivity index (χ4v) is 8.60. The molecule has 5 saturated heterocycles. The number of ether oxygens (including phenoxy) is 8. The van der Waals surface area contributed by atoms with Crippen molar-refractivity contribution < 1.29 is 57.1 Å². The Kier molecular flexibility index (Phi) is 14.4. The molecule has 0 aromatic carbocycles. The molecule has 12 heteroatoms. The lowest BCUT2D eigenvalue weighted by molar-refractivity contribution is -0.161. The summed E-state index contributed by atoms with van der Waals surface area (Å²) in [4.78, 5) is 52.4. The van der Waals surface area contributed by atoms with Crippen molar-refractivity contribution in [2.45, 2.75) is 206 Å². The highest BCUT2D eigenvalue weighted by Gasteiger charge is 2.41. The number of carbonyl (C=O) groups excluding carboxylic acids is 4. The van der Waals surface area contributed by atoms with Crippen LogP contribution in [0.3, 0.4) is 0 Å². The molecule has 8 bridgehead atoms. The maximum Gasteiger partial charge on any atom is 0.311 e. The first-order valence-electron chi connectivity index (χ1n) is 20.1. The van der Waals surface area contributed by atoms with Gasteiger partial charge in [0.25, 0.3) is 0 Å². The molecule has 5 aliphatic heterocycles. The van der Waals surface area contributed by atoms with Gasteiger partial charge in [0.05, 0.1) is 72.5 Å². The molecule has 0 saturated carbocycles. The van der Waals surface area contributed by atoms with Crippen LogP contribution >= 0.6 is 0 Å². The van der Waals surface area contributed by atoms with Crippen LogP contribution in [-0.4, -0.2) is 97.1 Å². The monoisotopic (exact) mass is 736 g/mol. The van der Waals surface area contributed by atoms with E-state index in [4.69, 9.17) is 37.9 Å². The summed E-state index contributed by atoms with van der Waals surface area (Å²) >= 11 is 0. The van der Waals surface area contributed by atoms with Crippen LogP contribution in [0.2, 0.25) is 0 Å². The molecule has 5 fully saturated rings. The number of fused-ring (bicyclic) bond motifs is 8. The van der Waals surface area contributed by atoms with Gasteiger partial charge in [0.1, 0.15) is 24.4 Å². The second-order valence-corrected chi connectivity index (χ2v) is 16.6. The first-order chi connectivity index (χ1) is 24.7.